The van der Waals surface area contributed by atoms with Crippen molar-refractivity contribution in [3.05, 3.63) is 71.3 Å². The molecular formula is C16H16F2. The van der Waals surface area contributed by atoms with E-state index < -0.39 is 11.6 Å². The summed E-state index contributed by atoms with van der Waals surface area (Å²) in [5.41, 5.74) is 1.44. The van der Waals surface area contributed by atoms with Crippen LogP contribution in [0.5, 0.6) is 0 Å². The van der Waals surface area contributed by atoms with Crippen molar-refractivity contribution in [3.8, 4) is 0 Å². The van der Waals surface area contributed by atoms with Crippen molar-refractivity contribution in [3.63, 3.8) is 0 Å². The molecule has 0 aromatic heterocycles. The predicted molar refractivity (Wildman–Crippen MR) is 69.5 cm³/mol. The topological polar surface area (TPSA) is 0 Å². The lowest BCUT2D eigenvalue weighted by molar-refractivity contribution is 0.472. The third kappa shape index (κ3) is 2.42. The highest BCUT2D eigenvalue weighted by Crippen LogP contribution is 2.33. The highest BCUT2D eigenvalue weighted by atomic mass is 19.2. The van der Waals surface area contributed by atoms with Crippen molar-refractivity contribution < 1.29 is 8.78 Å². The molecule has 1 unspecified atom stereocenters. The molecule has 0 bridgehead atoms. The molecule has 0 saturated carbocycles. The van der Waals surface area contributed by atoms with Gasteiger partial charge in [0.1, 0.15) is 0 Å². The Morgan fingerprint density at radius 3 is 2.11 bits per heavy atom. The summed E-state index contributed by atoms with van der Waals surface area (Å²) < 4.78 is 27.3. The summed E-state index contributed by atoms with van der Waals surface area (Å²) in [6.07, 6.45) is 0. The van der Waals surface area contributed by atoms with Gasteiger partial charge in [-0.3, -0.25) is 0 Å². The third-order valence-electron chi connectivity index (χ3n) is 3.14. The van der Waals surface area contributed by atoms with Gasteiger partial charge >= 0.3 is 0 Å². The van der Waals surface area contributed by atoms with Gasteiger partial charge in [-0.2, -0.15) is 0 Å². The van der Waals surface area contributed by atoms with E-state index in [0.717, 1.165) is 11.6 Å². The Morgan fingerprint density at radius 2 is 1.50 bits per heavy atom. The molecule has 0 fully saturated rings. The highest BCUT2D eigenvalue weighted by Gasteiger charge is 2.22. The fourth-order valence-electron chi connectivity index (χ4n) is 2.34. The Labute approximate surface area is 106 Å². The molecule has 0 amide bonds. The van der Waals surface area contributed by atoms with E-state index in [4.69, 9.17) is 0 Å². The van der Waals surface area contributed by atoms with Crippen LogP contribution in [0.4, 0.5) is 8.78 Å². The van der Waals surface area contributed by atoms with E-state index in [1.165, 1.54) is 0 Å². The molecule has 0 radical (unpaired) electrons. The maximum atomic E-state index is 13.9. The maximum absolute atomic E-state index is 13.9. The molecule has 1 atom stereocenters. The molecule has 2 aromatic carbocycles. The molecule has 2 aromatic rings. The fraction of sp³-hybridized carbons (Fsp3) is 0.250. The predicted octanol–water partition coefficient (Wildman–Crippen LogP) is 4.75. The zero-order chi connectivity index (χ0) is 13.1. The molecule has 0 N–H and O–H groups in total. The van der Waals surface area contributed by atoms with Gasteiger partial charge in [-0.25, -0.2) is 8.78 Å². The number of halogens is 2. The van der Waals surface area contributed by atoms with E-state index in [2.05, 4.69) is 0 Å². The summed E-state index contributed by atoms with van der Waals surface area (Å²) in [5.74, 6) is -1.44. The summed E-state index contributed by atoms with van der Waals surface area (Å²) in [4.78, 5) is 0. The Bertz CT molecular complexity index is 518. The van der Waals surface area contributed by atoms with E-state index in [9.17, 15) is 8.78 Å². The quantitative estimate of drug-likeness (QED) is 0.733. The fourth-order valence-corrected chi connectivity index (χ4v) is 2.34. The lowest BCUT2D eigenvalue weighted by Gasteiger charge is -2.22. The lowest BCUT2D eigenvalue weighted by atomic mass is 9.82. The molecule has 0 aliphatic rings. The largest absolute Gasteiger partial charge is 0.204 e. The van der Waals surface area contributed by atoms with Crippen molar-refractivity contribution in [2.45, 2.75) is 19.8 Å². The molecule has 2 rings (SSSR count). The molecule has 0 nitrogen and oxygen atoms in total. The molecule has 18 heavy (non-hydrogen) atoms. The molecular weight excluding hydrogens is 230 g/mol. The molecule has 0 spiro atoms. The van der Waals surface area contributed by atoms with Gasteiger partial charge in [0.25, 0.3) is 0 Å². The van der Waals surface area contributed by atoms with Gasteiger partial charge in [0, 0.05) is 5.92 Å². The number of rotatable bonds is 3. The van der Waals surface area contributed by atoms with Gasteiger partial charge in [-0.15, -0.1) is 0 Å². The van der Waals surface area contributed by atoms with Crippen molar-refractivity contribution in [2.75, 3.05) is 0 Å². The van der Waals surface area contributed by atoms with Crippen molar-refractivity contribution >= 4 is 0 Å². The first-order valence-electron chi connectivity index (χ1n) is 6.10. The first-order valence-corrected chi connectivity index (χ1v) is 6.10. The first-order chi connectivity index (χ1) is 8.61. The maximum Gasteiger partial charge on any atom is 0.162 e. The normalized spacial score (nSPS) is 12.7. The standard InChI is InChI=1S/C16H16F2/c1-11(2)15(12-7-4-3-5-8-12)13-9-6-10-14(17)16(13)18/h3-11,15H,1-2H3. The molecule has 0 aliphatic carbocycles. The van der Waals surface area contributed by atoms with Gasteiger partial charge < -0.3 is 0 Å². The van der Waals surface area contributed by atoms with Crippen LogP contribution in [-0.2, 0) is 0 Å². The van der Waals surface area contributed by atoms with Crippen LogP contribution in [0.25, 0.3) is 0 Å². The Balaban J connectivity index is 2.52. The average molecular weight is 246 g/mol. The monoisotopic (exact) mass is 246 g/mol. The smallest absolute Gasteiger partial charge is 0.162 e. The second kappa shape index (κ2) is 5.30. The van der Waals surface area contributed by atoms with Crippen LogP contribution in [-0.4, -0.2) is 0 Å². The van der Waals surface area contributed by atoms with Crippen molar-refractivity contribution in [1.82, 2.24) is 0 Å². The van der Waals surface area contributed by atoms with Gasteiger partial charge in [0.05, 0.1) is 0 Å². The summed E-state index contributed by atoms with van der Waals surface area (Å²) in [7, 11) is 0. The Morgan fingerprint density at radius 1 is 0.833 bits per heavy atom. The minimum absolute atomic E-state index is 0.123. The summed E-state index contributed by atoms with van der Waals surface area (Å²) >= 11 is 0. The van der Waals surface area contributed by atoms with E-state index >= 15 is 0 Å². The molecule has 94 valence electrons. The minimum Gasteiger partial charge on any atom is -0.204 e. The summed E-state index contributed by atoms with van der Waals surface area (Å²) in [6.45, 7) is 4.03. The van der Waals surface area contributed by atoms with Gasteiger partial charge in [0.15, 0.2) is 11.6 Å². The van der Waals surface area contributed by atoms with E-state index in [1.807, 2.05) is 44.2 Å². The second-order valence-corrected chi connectivity index (χ2v) is 4.78. The SMILES string of the molecule is CC(C)C(c1ccccc1)c1cccc(F)c1F. The Hall–Kier alpha value is -1.70. The molecule has 0 heterocycles. The van der Waals surface area contributed by atoms with Gasteiger partial charge in [-0.1, -0.05) is 56.3 Å². The van der Waals surface area contributed by atoms with Crippen molar-refractivity contribution in [1.29, 1.82) is 0 Å². The number of benzene rings is 2. The van der Waals surface area contributed by atoms with Crippen LogP contribution < -0.4 is 0 Å². The second-order valence-electron chi connectivity index (χ2n) is 4.78. The van der Waals surface area contributed by atoms with E-state index in [-0.39, 0.29) is 11.8 Å². The molecule has 0 aliphatic heterocycles. The molecule has 0 saturated heterocycles. The van der Waals surface area contributed by atoms with Crippen LogP contribution in [0.2, 0.25) is 0 Å². The number of hydrogen-bond acceptors (Lipinski definition) is 0. The number of hydrogen-bond donors (Lipinski definition) is 0. The zero-order valence-corrected chi connectivity index (χ0v) is 10.5. The van der Waals surface area contributed by atoms with E-state index in [0.29, 0.717) is 5.56 Å². The van der Waals surface area contributed by atoms with Crippen LogP contribution in [0.15, 0.2) is 48.5 Å². The van der Waals surface area contributed by atoms with Gasteiger partial charge in [-0.05, 0) is 23.1 Å². The van der Waals surface area contributed by atoms with Crippen LogP contribution >= 0.6 is 0 Å². The highest BCUT2D eigenvalue weighted by molar-refractivity contribution is 5.34. The van der Waals surface area contributed by atoms with Crippen LogP contribution in [0.3, 0.4) is 0 Å². The van der Waals surface area contributed by atoms with Crippen LogP contribution in [0, 0.1) is 17.6 Å². The summed E-state index contributed by atoms with van der Waals surface area (Å²) in [5, 5.41) is 0. The minimum atomic E-state index is -0.783. The third-order valence-corrected chi connectivity index (χ3v) is 3.14. The average Bonchev–Trinajstić information content (AvgIpc) is 2.36. The molecule has 2 heteroatoms. The summed E-state index contributed by atoms with van der Waals surface area (Å²) in [6, 6.07) is 14.0. The zero-order valence-electron chi connectivity index (χ0n) is 10.5. The first kappa shape index (κ1) is 12.7. The van der Waals surface area contributed by atoms with Gasteiger partial charge in [0.2, 0.25) is 0 Å². The van der Waals surface area contributed by atoms with E-state index in [1.54, 1.807) is 12.1 Å². The van der Waals surface area contributed by atoms with Crippen molar-refractivity contribution in [2.24, 2.45) is 5.92 Å². The van der Waals surface area contributed by atoms with Crippen LogP contribution in [0.1, 0.15) is 30.9 Å². The lowest BCUT2D eigenvalue weighted by Crippen LogP contribution is -2.11. The Kier molecular flexibility index (Phi) is 3.75.